The maximum atomic E-state index is 13.5. The summed E-state index contributed by atoms with van der Waals surface area (Å²) in [4.78, 5) is 7.78. The molecule has 0 amide bonds. The molecular formula is C12H18FN3O. The van der Waals surface area contributed by atoms with E-state index in [2.05, 4.69) is 22.2 Å². The van der Waals surface area contributed by atoms with Gasteiger partial charge in [0.05, 0.1) is 6.20 Å². The van der Waals surface area contributed by atoms with Gasteiger partial charge in [-0.15, -0.1) is 0 Å². The Morgan fingerprint density at radius 1 is 1.47 bits per heavy atom. The van der Waals surface area contributed by atoms with Crippen molar-refractivity contribution in [2.75, 3.05) is 12.4 Å². The van der Waals surface area contributed by atoms with Gasteiger partial charge >= 0.3 is 0 Å². The van der Waals surface area contributed by atoms with E-state index >= 15 is 0 Å². The molecule has 1 aromatic rings. The molecule has 1 aromatic heterocycles. The molecule has 1 N–H and O–H groups in total. The largest absolute Gasteiger partial charge is 0.472 e. The molecule has 2 atom stereocenters. The average molecular weight is 239 g/mol. The van der Waals surface area contributed by atoms with Crippen molar-refractivity contribution < 1.29 is 9.13 Å². The summed E-state index contributed by atoms with van der Waals surface area (Å²) in [7, 11) is 1.69. The fourth-order valence-corrected chi connectivity index (χ4v) is 2.20. The summed E-state index contributed by atoms with van der Waals surface area (Å²) in [5, 5.41) is 2.77. The number of rotatable bonds is 3. The lowest BCUT2D eigenvalue weighted by molar-refractivity contribution is 0.118. The third-order valence-corrected chi connectivity index (χ3v) is 3.10. The highest BCUT2D eigenvalue weighted by Gasteiger charge is 2.22. The third-order valence-electron chi connectivity index (χ3n) is 3.10. The molecule has 2 rings (SSSR count). The van der Waals surface area contributed by atoms with Gasteiger partial charge in [0, 0.05) is 7.05 Å². The zero-order chi connectivity index (χ0) is 12.3. The van der Waals surface area contributed by atoms with Crippen molar-refractivity contribution in [2.24, 2.45) is 5.92 Å². The molecule has 5 heteroatoms. The highest BCUT2D eigenvalue weighted by atomic mass is 19.1. The van der Waals surface area contributed by atoms with Crippen molar-refractivity contribution in [2.45, 2.75) is 38.7 Å². The van der Waals surface area contributed by atoms with Crippen LogP contribution in [0.3, 0.4) is 0 Å². The van der Waals surface area contributed by atoms with E-state index in [1.165, 1.54) is 6.42 Å². The van der Waals surface area contributed by atoms with Gasteiger partial charge in [0.25, 0.3) is 5.88 Å². The highest BCUT2D eigenvalue weighted by molar-refractivity contribution is 5.27. The predicted octanol–water partition coefficient (Wildman–Crippen LogP) is 2.61. The van der Waals surface area contributed by atoms with Crippen LogP contribution >= 0.6 is 0 Å². The molecule has 0 aromatic carbocycles. The molecule has 1 aliphatic rings. The van der Waals surface area contributed by atoms with Crippen LogP contribution < -0.4 is 10.1 Å². The number of nitrogens with one attached hydrogen (secondary N) is 1. The van der Waals surface area contributed by atoms with E-state index in [1.54, 1.807) is 7.05 Å². The fraction of sp³-hybridized carbons (Fsp3) is 0.667. The first-order valence-corrected chi connectivity index (χ1v) is 6.06. The Morgan fingerprint density at radius 3 is 3.00 bits per heavy atom. The summed E-state index contributed by atoms with van der Waals surface area (Å²) < 4.78 is 19.1. The van der Waals surface area contributed by atoms with Crippen LogP contribution in [0.25, 0.3) is 0 Å². The van der Waals surface area contributed by atoms with E-state index in [-0.39, 0.29) is 12.0 Å². The second kappa shape index (κ2) is 5.29. The van der Waals surface area contributed by atoms with Gasteiger partial charge in [-0.25, -0.2) is 4.98 Å². The molecule has 0 spiro atoms. The zero-order valence-electron chi connectivity index (χ0n) is 10.2. The standard InChI is InChI=1S/C12H18FN3O/c1-8-4-3-5-9(6-8)17-11-10(13)7-15-12(14-2)16-11/h7-9H,3-6H2,1-2H3,(H,14,15,16). The first kappa shape index (κ1) is 12.1. The first-order valence-electron chi connectivity index (χ1n) is 6.06. The molecular weight excluding hydrogens is 221 g/mol. The minimum atomic E-state index is -0.498. The summed E-state index contributed by atoms with van der Waals surface area (Å²) in [5.74, 6) is 0.582. The molecule has 94 valence electrons. The Labute approximate surface area is 101 Å². The van der Waals surface area contributed by atoms with Gasteiger partial charge < -0.3 is 10.1 Å². The lowest BCUT2D eigenvalue weighted by Gasteiger charge is -2.26. The van der Waals surface area contributed by atoms with E-state index in [4.69, 9.17) is 4.74 Å². The normalized spacial score (nSPS) is 24.4. The summed E-state index contributed by atoms with van der Waals surface area (Å²) in [5.41, 5.74) is 0. The molecule has 2 unspecified atom stereocenters. The Balaban J connectivity index is 2.06. The molecule has 4 nitrogen and oxygen atoms in total. The van der Waals surface area contributed by atoms with Crippen LogP contribution in [0.1, 0.15) is 32.6 Å². The second-order valence-electron chi connectivity index (χ2n) is 4.61. The quantitative estimate of drug-likeness (QED) is 0.880. The van der Waals surface area contributed by atoms with Crippen LogP contribution in [0, 0.1) is 11.7 Å². The van der Waals surface area contributed by atoms with Crippen LogP contribution in [0.5, 0.6) is 5.88 Å². The van der Waals surface area contributed by atoms with Crippen molar-refractivity contribution in [3.05, 3.63) is 12.0 Å². The lowest BCUT2D eigenvalue weighted by Crippen LogP contribution is -2.25. The Hall–Kier alpha value is -1.39. The lowest BCUT2D eigenvalue weighted by atomic mass is 9.89. The van der Waals surface area contributed by atoms with Crippen LogP contribution in [-0.4, -0.2) is 23.1 Å². The highest BCUT2D eigenvalue weighted by Crippen LogP contribution is 2.27. The van der Waals surface area contributed by atoms with E-state index in [1.807, 2.05) is 0 Å². The Morgan fingerprint density at radius 2 is 2.29 bits per heavy atom. The van der Waals surface area contributed by atoms with E-state index < -0.39 is 5.82 Å². The van der Waals surface area contributed by atoms with E-state index in [9.17, 15) is 4.39 Å². The van der Waals surface area contributed by atoms with E-state index in [0.717, 1.165) is 25.5 Å². The molecule has 0 saturated heterocycles. The SMILES string of the molecule is CNc1ncc(F)c(OC2CCCC(C)C2)n1. The molecule has 1 aliphatic carbocycles. The molecule has 0 aliphatic heterocycles. The minimum absolute atomic E-state index is 0.0588. The van der Waals surface area contributed by atoms with Crippen LogP contribution in [0.4, 0.5) is 10.3 Å². The summed E-state index contributed by atoms with van der Waals surface area (Å²) in [6.07, 6.45) is 5.53. The number of ether oxygens (including phenoxy) is 1. The van der Waals surface area contributed by atoms with Crippen molar-refractivity contribution in [1.29, 1.82) is 0 Å². The maximum Gasteiger partial charge on any atom is 0.255 e. The fourth-order valence-electron chi connectivity index (χ4n) is 2.20. The molecule has 1 saturated carbocycles. The van der Waals surface area contributed by atoms with Gasteiger partial charge in [0.2, 0.25) is 11.8 Å². The van der Waals surface area contributed by atoms with Gasteiger partial charge in [0.1, 0.15) is 6.10 Å². The van der Waals surface area contributed by atoms with Gasteiger partial charge in [0.15, 0.2) is 0 Å². The van der Waals surface area contributed by atoms with Gasteiger partial charge in [-0.1, -0.05) is 13.3 Å². The molecule has 1 heterocycles. The number of hydrogen-bond donors (Lipinski definition) is 1. The third kappa shape index (κ3) is 3.05. The number of anilines is 1. The number of hydrogen-bond acceptors (Lipinski definition) is 4. The molecule has 0 radical (unpaired) electrons. The second-order valence-corrected chi connectivity index (χ2v) is 4.61. The number of aromatic nitrogens is 2. The topological polar surface area (TPSA) is 47.0 Å². The maximum absolute atomic E-state index is 13.5. The molecule has 17 heavy (non-hydrogen) atoms. The van der Waals surface area contributed by atoms with Crippen LogP contribution in [0.2, 0.25) is 0 Å². The number of halogens is 1. The van der Waals surface area contributed by atoms with Crippen molar-refractivity contribution >= 4 is 5.95 Å². The van der Waals surface area contributed by atoms with Gasteiger partial charge in [-0.05, 0) is 25.2 Å². The van der Waals surface area contributed by atoms with Gasteiger partial charge in [-0.2, -0.15) is 9.37 Å². The summed E-state index contributed by atoms with van der Waals surface area (Å²) in [6.45, 7) is 2.20. The van der Waals surface area contributed by atoms with Crippen molar-refractivity contribution in [1.82, 2.24) is 9.97 Å². The zero-order valence-corrected chi connectivity index (χ0v) is 10.2. The minimum Gasteiger partial charge on any atom is -0.472 e. The molecule has 0 bridgehead atoms. The first-order chi connectivity index (χ1) is 8.19. The van der Waals surface area contributed by atoms with Crippen molar-refractivity contribution in [3.8, 4) is 5.88 Å². The van der Waals surface area contributed by atoms with Crippen LogP contribution in [-0.2, 0) is 0 Å². The Bertz CT molecular complexity index is 386. The van der Waals surface area contributed by atoms with Crippen LogP contribution in [0.15, 0.2) is 6.20 Å². The summed E-state index contributed by atoms with van der Waals surface area (Å²) in [6, 6.07) is 0. The van der Waals surface area contributed by atoms with Gasteiger partial charge in [-0.3, -0.25) is 0 Å². The van der Waals surface area contributed by atoms with E-state index in [0.29, 0.717) is 11.9 Å². The predicted molar refractivity (Wildman–Crippen MR) is 63.6 cm³/mol. The number of nitrogens with zero attached hydrogens (tertiary/aromatic N) is 2. The Kier molecular flexibility index (Phi) is 3.76. The molecule has 1 fully saturated rings. The average Bonchev–Trinajstić information content (AvgIpc) is 2.32. The smallest absolute Gasteiger partial charge is 0.255 e. The summed E-state index contributed by atoms with van der Waals surface area (Å²) >= 11 is 0. The van der Waals surface area contributed by atoms with Crippen molar-refractivity contribution in [3.63, 3.8) is 0 Å². The monoisotopic (exact) mass is 239 g/mol.